The molecule has 10 nitrogen and oxygen atoms in total. The highest BCUT2D eigenvalue weighted by Gasteiger charge is 2.34. The number of aromatic nitrogens is 3. The molecule has 0 atom stereocenters. The number of hydrogen-bond acceptors (Lipinski definition) is 7. The van der Waals surface area contributed by atoms with Crippen LogP contribution in [-0.2, 0) is 6.18 Å². The Morgan fingerprint density at radius 3 is 2.69 bits per heavy atom. The molecule has 3 aromatic heterocycles. The number of aliphatic hydroxyl groups excluding tert-OH is 1. The maximum Gasteiger partial charge on any atom is 0.434 e. The fraction of sp³-hybridized carbons (Fsp3) is 0.240. The molecule has 0 spiro atoms. The van der Waals surface area contributed by atoms with Crippen LogP contribution in [0.1, 0.15) is 29.4 Å². The number of amides is 3. The number of alkyl halides is 3. The van der Waals surface area contributed by atoms with Gasteiger partial charge in [-0.2, -0.15) is 13.2 Å². The van der Waals surface area contributed by atoms with E-state index in [0.717, 1.165) is 10.3 Å². The van der Waals surface area contributed by atoms with Gasteiger partial charge in [0.1, 0.15) is 16.4 Å². The molecule has 204 valence electrons. The van der Waals surface area contributed by atoms with Gasteiger partial charge in [0.05, 0.1) is 11.9 Å². The molecule has 1 aromatic carbocycles. The molecular weight excluding hydrogens is 537 g/mol. The molecule has 39 heavy (non-hydrogen) atoms. The monoisotopic (exact) mass is 560 g/mol. The summed E-state index contributed by atoms with van der Waals surface area (Å²) >= 11 is 0.693. The molecule has 4 aromatic rings. The number of thiazole rings is 1. The summed E-state index contributed by atoms with van der Waals surface area (Å²) in [6.45, 7) is 1.64. The third-order valence-corrected chi connectivity index (χ3v) is 6.46. The summed E-state index contributed by atoms with van der Waals surface area (Å²) in [6.07, 6.45) is -2.13. The molecule has 4 rings (SSSR count). The van der Waals surface area contributed by atoms with Crippen LogP contribution in [0.2, 0.25) is 0 Å². The Labute approximate surface area is 223 Å². The van der Waals surface area contributed by atoms with Gasteiger partial charge >= 0.3 is 12.2 Å². The lowest BCUT2D eigenvalue weighted by atomic mass is 10.1. The molecule has 0 fully saturated rings. The van der Waals surface area contributed by atoms with E-state index < -0.39 is 29.2 Å². The zero-order chi connectivity index (χ0) is 28.2. The summed E-state index contributed by atoms with van der Waals surface area (Å²) in [5.41, 5.74) is -1.24. The van der Waals surface area contributed by atoms with Gasteiger partial charge in [0.25, 0.3) is 5.91 Å². The minimum atomic E-state index is -4.70. The second kappa shape index (κ2) is 11.6. The van der Waals surface area contributed by atoms with Gasteiger partial charge in [-0.05, 0) is 31.5 Å². The SMILES string of the molecule is CCNC(=O)Nc1cc(-c2nc(C(F)(F)F)cs2)c(N(CCCO)C(=O)c2c[nH]c3ccccc3c2=O)cn1. The first-order valence-corrected chi connectivity index (χ1v) is 12.6. The Morgan fingerprint density at radius 2 is 2.00 bits per heavy atom. The summed E-state index contributed by atoms with van der Waals surface area (Å²) in [5.74, 6) is -0.753. The Bertz CT molecular complexity index is 1570. The number of H-pyrrole nitrogens is 1. The van der Waals surface area contributed by atoms with E-state index >= 15 is 0 Å². The van der Waals surface area contributed by atoms with E-state index in [2.05, 4.69) is 25.6 Å². The number of carbonyl (C=O) groups excluding carboxylic acids is 2. The Balaban J connectivity index is 1.85. The lowest BCUT2D eigenvalue weighted by Gasteiger charge is -2.25. The van der Waals surface area contributed by atoms with Crippen molar-refractivity contribution in [2.45, 2.75) is 19.5 Å². The number of anilines is 2. The van der Waals surface area contributed by atoms with Gasteiger partial charge < -0.3 is 20.3 Å². The van der Waals surface area contributed by atoms with E-state index in [1.807, 2.05) is 0 Å². The van der Waals surface area contributed by atoms with Crippen molar-refractivity contribution in [1.29, 1.82) is 0 Å². The molecule has 0 radical (unpaired) electrons. The Morgan fingerprint density at radius 1 is 1.23 bits per heavy atom. The molecule has 3 amide bonds. The molecule has 0 aliphatic rings. The van der Waals surface area contributed by atoms with Crippen molar-refractivity contribution in [2.75, 3.05) is 29.9 Å². The second-order valence-corrected chi connectivity index (χ2v) is 9.08. The number of fused-ring (bicyclic) bond motifs is 1. The molecule has 0 bridgehead atoms. The maximum atomic E-state index is 13.7. The second-order valence-electron chi connectivity index (χ2n) is 8.22. The molecule has 3 heterocycles. The summed E-state index contributed by atoms with van der Waals surface area (Å²) in [5, 5.41) is 15.5. The Hall–Kier alpha value is -4.30. The van der Waals surface area contributed by atoms with Crippen LogP contribution < -0.4 is 21.0 Å². The quantitative estimate of drug-likeness (QED) is 0.254. The van der Waals surface area contributed by atoms with E-state index in [-0.39, 0.29) is 52.6 Å². The lowest BCUT2D eigenvalue weighted by Crippen LogP contribution is -2.36. The number of pyridine rings is 2. The minimum absolute atomic E-state index is 0.00145. The number of nitrogens with zero attached hydrogens (tertiary/aromatic N) is 3. The molecule has 0 aliphatic carbocycles. The number of nitrogens with one attached hydrogen (secondary N) is 3. The van der Waals surface area contributed by atoms with Crippen LogP contribution in [0.25, 0.3) is 21.5 Å². The van der Waals surface area contributed by atoms with Gasteiger partial charge in [-0.15, -0.1) is 11.3 Å². The predicted molar refractivity (Wildman–Crippen MR) is 141 cm³/mol. The smallest absolute Gasteiger partial charge is 0.396 e. The van der Waals surface area contributed by atoms with Crippen LogP contribution in [0, 0.1) is 0 Å². The first-order valence-electron chi connectivity index (χ1n) is 11.7. The average Bonchev–Trinajstić information content (AvgIpc) is 3.41. The van der Waals surface area contributed by atoms with Crippen LogP contribution in [0.4, 0.5) is 29.5 Å². The number of benzene rings is 1. The average molecular weight is 561 g/mol. The molecule has 0 saturated heterocycles. The molecule has 0 saturated carbocycles. The van der Waals surface area contributed by atoms with Gasteiger partial charge in [0.15, 0.2) is 5.69 Å². The van der Waals surface area contributed by atoms with Crippen molar-refractivity contribution in [3.63, 3.8) is 0 Å². The van der Waals surface area contributed by atoms with E-state index in [9.17, 15) is 32.7 Å². The number of urea groups is 1. The van der Waals surface area contributed by atoms with Crippen LogP contribution in [0.5, 0.6) is 0 Å². The number of aliphatic hydroxyl groups is 1. The third-order valence-electron chi connectivity index (χ3n) is 5.58. The van der Waals surface area contributed by atoms with Crippen LogP contribution >= 0.6 is 11.3 Å². The van der Waals surface area contributed by atoms with Gasteiger partial charge in [0.2, 0.25) is 5.43 Å². The number of para-hydroxylation sites is 1. The van der Waals surface area contributed by atoms with E-state index in [0.29, 0.717) is 23.4 Å². The van der Waals surface area contributed by atoms with Crippen molar-refractivity contribution in [3.8, 4) is 10.6 Å². The minimum Gasteiger partial charge on any atom is -0.396 e. The Kier molecular flexibility index (Phi) is 8.26. The molecule has 4 N–H and O–H groups in total. The van der Waals surface area contributed by atoms with Gasteiger partial charge in [-0.1, -0.05) is 12.1 Å². The number of halogens is 3. The number of aromatic amines is 1. The summed E-state index contributed by atoms with van der Waals surface area (Å²) in [4.78, 5) is 50.9. The highest BCUT2D eigenvalue weighted by Crippen LogP contribution is 2.38. The van der Waals surface area contributed by atoms with E-state index in [1.165, 1.54) is 18.5 Å². The maximum absolute atomic E-state index is 13.7. The largest absolute Gasteiger partial charge is 0.434 e. The molecular formula is C25H23F3N6O4S. The molecule has 14 heteroatoms. The van der Waals surface area contributed by atoms with Gasteiger partial charge in [-0.25, -0.2) is 14.8 Å². The van der Waals surface area contributed by atoms with Crippen molar-refractivity contribution in [2.24, 2.45) is 0 Å². The zero-order valence-corrected chi connectivity index (χ0v) is 21.3. The fourth-order valence-electron chi connectivity index (χ4n) is 3.78. The normalized spacial score (nSPS) is 11.4. The first kappa shape index (κ1) is 27.7. The van der Waals surface area contributed by atoms with E-state index in [4.69, 9.17) is 0 Å². The zero-order valence-electron chi connectivity index (χ0n) is 20.5. The van der Waals surface area contributed by atoms with Crippen LogP contribution in [-0.4, -0.2) is 51.7 Å². The highest BCUT2D eigenvalue weighted by atomic mass is 32.1. The number of carbonyl (C=O) groups is 2. The fourth-order valence-corrected chi connectivity index (χ4v) is 4.63. The topological polar surface area (TPSA) is 140 Å². The number of rotatable bonds is 8. The van der Waals surface area contributed by atoms with Crippen molar-refractivity contribution in [3.05, 3.63) is 69.6 Å². The molecule has 0 aliphatic heterocycles. The highest BCUT2D eigenvalue weighted by molar-refractivity contribution is 7.13. The van der Waals surface area contributed by atoms with Crippen molar-refractivity contribution >= 4 is 45.7 Å². The number of hydrogen-bond donors (Lipinski definition) is 4. The van der Waals surface area contributed by atoms with Crippen molar-refractivity contribution < 1.29 is 27.9 Å². The summed E-state index contributed by atoms with van der Waals surface area (Å²) < 4.78 is 40.0. The standard InChI is InChI=1S/C25H23F3N6O4S/c1-2-29-24(38)33-20-10-15(22-32-19(13-39-22)25(26,27)28)18(12-31-20)34(8-5-9-35)23(37)16-11-30-17-7-4-3-6-14(17)21(16)36/h3-4,6-7,10-13,35H,2,5,8-9H2,1H3,(H,30,36)(H2,29,31,33,38). The van der Waals surface area contributed by atoms with Crippen LogP contribution in [0.3, 0.4) is 0 Å². The summed E-state index contributed by atoms with van der Waals surface area (Å²) in [6, 6.07) is 7.33. The third kappa shape index (κ3) is 6.07. The van der Waals surface area contributed by atoms with Gasteiger partial charge in [0, 0.05) is 47.7 Å². The van der Waals surface area contributed by atoms with Gasteiger partial charge in [-0.3, -0.25) is 14.9 Å². The first-order chi connectivity index (χ1) is 18.6. The van der Waals surface area contributed by atoms with E-state index in [1.54, 1.807) is 31.2 Å². The van der Waals surface area contributed by atoms with Crippen LogP contribution in [0.15, 0.2) is 52.9 Å². The predicted octanol–water partition coefficient (Wildman–Crippen LogP) is 4.24. The molecule has 0 unspecified atom stereocenters. The van der Waals surface area contributed by atoms with Crippen molar-refractivity contribution in [1.82, 2.24) is 20.3 Å². The summed E-state index contributed by atoms with van der Waals surface area (Å²) in [7, 11) is 0. The lowest BCUT2D eigenvalue weighted by molar-refractivity contribution is -0.140.